The van der Waals surface area contributed by atoms with Crippen molar-refractivity contribution in [3.63, 3.8) is 0 Å². The van der Waals surface area contributed by atoms with Crippen molar-refractivity contribution in [3.8, 4) is 5.75 Å². The number of benzene rings is 1. The number of hydrogen-bond acceptors (Lipinski definition) is 7. The molecule has 1 fully saturated rings. The van der Waals surface area contributed by atoms with Gasteiger partial charge < -0.3 is 27.8 Å². The summed E-state index contributed by atoms with van der Waals surface area (Å²) in [5.41, 5.74) is 0.914. The lowest BCUT2D eigenvalue weighted by Crippen LogP contribution is -2.55. The van der Waals surface area contributed by atoms with Crippen molar-refractivity contribution in [2.45, 2.75) is 156 Å². The summed E-state index contributed by atoms with van der Waals surface area (Å²) >= 11 is 0. The maximum atomic E-state index is 14.5. The number of rotatable bonds is 19. The molecule has 0 amide bonds. The van der Waals surface area contributed by atoms with E-state index >= 15 is 0 Å². The summed E-state index contributed by atoms with van der Waals surface area (Å²) in [6.07, 6.45) is 0.238. The largest absolute Gasteiger partial charge is 0.497 e. The molecule has 1 heterocycles. The van der Waals surface area contributed by atoms with E-state index in [4.69, 9.17) is 27.8 Å². The summed E-state index contributed by atoms with van der Waals surface area (Å²) in [5.74, 6) is 0.693. The van der Waals surface area contributed by atoms with Gasteiger partial charge in [0.05, 0.1) is 31.5 Å². The minimum atomic E-state index is -2.30. The van der Waals surface area contributed by atoms with Gasteiger partial charge >= 0.3 is 0 Å². The minimum absolute atomic E-state index is 0.0350. The Kier molecular flexibility index (Phi) is 16.3. The van der Waals surface area contributed by atoms with Crippen LogP contribution in [0.4, 0.5) is 0 Å². The van der Waals surface area contributed by atoms with Crippen LogP contribution in [0.1, 0.15) is 94.4 Å². The lowest BCUT2D eigenvalue weighted by atomic mass is 9.81. The third-order valence-corrected chi connectivity index (χ3v) is 20.7. The molecule has 0 aromatic heterocycles. The van der Waals surface area contributed by atoms with Crippen LogP contribution in [0.15, 0.2) is 36.9 Å². The summed E-state index contributed by atoms with van der Waals surface area (Å²) in [6.45, 7) is 32.8. The number of carbonyl (C=O) groups is 1. The topological polar surface area (TPSA) is 72.5 Å². The average Bonchev–Trinajstić information content (AvgIpc) is 3.05. The van der Waals surface area contributed by atoms with Gasteiger partial charge in [0, 0.05) is 36.8 Å². The van der Waals surface area contributed by atoms with Crippen LogP contribution in [-0.4, -0.2) is 67.2 Å². The van der Waals surface area contributed by atoms with Crippen LogP contribution in [0.2, 0.25) is 36.3 Å². The maximum Gasteiger partial charge on any atom is 0.192 e. The van der Waals surface area contributed by atoms with E-state index in [9.17, 15) is 4.79 Å². The van der Waals surface area contributed by atoms with Gasteiger partial charge in [0.15, 0.2) is 22.9 Å². The molecular weight excluding hydrogens is 637 g/mol. The van der Waals surface area contributed by atoms with Gasteiger partial charge in [0.1, 0.15) is 17.6 Å². The van der Waals surface area contributed by atoms with Gasteiger partial charge in [-0.1, -0.05) is 94.4 Å². The van der Waals surface area contributed by atoms with E-state index in [1.807, 2.05) is 37.3 Å². The molecule has 0 bridgehead atoms. The number of ether oxygens (including phenoxy) is 4. The van der Waals surface area contributed by atoms with Crippen molar-refractivity contribution in [1.29, 1.82) is 0 Å². The zero-order valence-corrected chi connectivity index (χ0v) is 35.1. The van der Waals surface area contributed by atoms with Crippen LogP contribution >= 0.6 is 0 Å². The molecule has 1 aliphatic heterocycles. The molecule has 1 saturated heterocycles. The lowest BCUT2D eigenvalue weighted by Gasteiger charge is -2.47. The Labute approximate surface area is 296 Å². The third-order valence-electron chi connectivity index (χ3n) is 11.6. The molecule has 48 heavy (non-hydrogen) atoms. The van der Waals surface area contributed by atoms with Crippen molar-refractivity contribution < 1.29 is 32.6 Å². The highest BCUT2D eigenvalue weighted by Crippen LogP contribution is 2.42. The van der Waals surface area contributed by atoms with Gasteiger partial charge in [-0.15, -0.1) is 6.58 Å². The van der Waals surface area contributed by atoms with Crippen molar-refractivity contribution in [3.05, 3.63) is 42.5 Å². The van der Waals surface area contributed by atoms with E-state index in [2.05, 4.69) is 88.9 Å². The van der Waals surface area contributed by atoms with Crippen molar-refractivity contribution in [2.24, 2.45) is 23.7 Å². The van der Waals surface area contributed by atoms with Gasteiger partial charge in [0.2, 0.25) is 0 Å². The molecule has 0 unspecified atom stereocenters. The Morgan fingerprint density at radius 3 is 1.94 bits per heavy atom. The van der Waals surface area contributed by atoms with E-state index in [0.717, 1.165) is 29.4 Å². The monoisotopic (exact) mass is 706 g/mol. The van der Waals surface area contributed by atoms with Gasteiger partial charge in [-0.2, -0.15) is 0 Å². The number of methoxy groups -OCH3 is 2. The molecule has 7 nitrogen and oxygen atoms in total. The van der Waals surface area contributed by atoms with Gasteiger partial charge in [-0.3, -0.25) is 4.79 Å². The summed E-state index contributed by atoms with van der Waals surface area (Å²) < 4.78 is 39.0. The fourth-order valence-corrected chi connectivity index (χ4v) is 11.2. The van der Waals surface area contributed by atoms with Crippen LogP contribution < -0.4 is 4.74 Å². The second-order valence-electron chi connectivity index (χ2n) is 15.9. The fraction of sp³-hybridized carbons (Fsp3) is 0.769. The lowest BCUT2D eigenvalue weighted by molar-refractivity contribution is -0.279. The molecule has 9 atom stereocenters. The third kappa shape index (κ3) is 10.4. The summed E-state index contributed by atoms with van der Waals surface area (Å²) in [7, 11) is -0.981. The minimum Gasteiger partial charge on any atom is -0.497 e. The van der Waals surface area contributed by atoms with Crippen molar-refractivity contribution >= 4 is 22.4 Å². The molecule has 0 spiro atoms. The van der Waals surface area contributed by atoms with Crippen LogP contribution in [-0.2, 0) is 27.9 Å². The first-order valence-electron chi connectivity index (χ1n) is 18.3. The first-order chi connectivity index (χ1) is 22.3. The Morgan fingerprint density at radius 2 is 1.50 bits per heavy atom. The van der Waals surface area contributed by atoms with Crippen molar-refractivity contribution in [2.75, 3.05) is 14.2 Å². The predicted molar refractivity (Wildman–Crippen MR) is 203 cm³/mol. The molecule has 1 aliphatic rings. The highest BCUT2D eigenvalue weighted by molar-refractivity contribution is 6.74. The average molecular weight is 707 g/mol. The fourth-order valence-electron chi connectivity index (χ4n) is 6.77. The van der Waals surface area contributed by atoms with Gasteiger partial charge in [-0.25, -0.2) is 0 Å². The van der Waals surface area contributed by atoms with Gasteiger partial charge in [-0.05, 0) is 54.3 Å². The Morgan fingerprint density at radius 1 is 0.938 bits per heavy atom. The molecule has 0 aliphatic carbocycles. The van der Waals surface area contributed by atoms with Crippen molar-refractivity contribution in [1.82, 2.24) is 0 Å². The Balaban J connectivity index is 2.52. The zero-order chi connectivity index (χ0) is 36.6. The molecule has 9 heteroatoms. The zero-order valence-electron chi connectivity index (χ0n) is 33.1. The first-order valence-corrected chi connectivity index (χ1v) is 23.8. The van der Waals surface area contributed by atoms with Crippen LogP contribution in [0.3, 0.4) is 0 Å². The van der Waals surface area contributed by atoms with E-state index in [1.165, 1.54) is 0 Å². The predicted octanol–water partition coefficient (Wildman–Crippen LogP) is 9.98. The normalized spacial score (nSPS) is 24.1. The smallest absolute Gasteiger partial charge is 0.192 e. The molecule has 0 saturated carbocycles. The molecular formula is C39H70O7Si2. The second kappa shape index (κ2) is 18.2. The Hall–Kier alpha value is -1.34. The number of Topliss-reactive ketones (excluding diaryl/α,β-unsaturated/α-hetero) is 1. The molecule has 1 aromatic carbocycles. The molecule has 276 valence electrons. The molecule has 2 rings (SSSR count). The number of hydrogen-bond donors (Lipinski definition) is 0. The Bertz CT molecular complexity index is 1120. The summed E-state index contributed by atoms with van der Waals surface area (Å²) in [6, 6.07) is 10.8. The summed E-state index contributed by atoms with van der Waals surface area (Å²) in [4.78, 5) is 14.5. The first kappa shape index (κ1) is 42.8. The van der Waals surface area contributed by atoms with Gasteiger partial charge in [0.25, 0.3) is 0 Å². The van der Waals surface area contributed by atoms with Crippen LogP contribution in [0.5, 0.6) is 5.75 Å². The number of carbonyl (C=O) groups excluding carboxylic acids is 1. The molecule has 0 radical (unpaired) electrons. The highest BCUT2D eigenvalue weighted by atomic mass is 28.4. The highest BCUT2D eigenvalue weighted by Gasteiger charge is 2.48. The summed E-state index contributed by atoms with van der Waals surface area (Å²) in [5, 5.41) is -0.0354. The quantitative estimate of drug-likeness (QED) is 0.105. The van der Waals surface area contributed by atoms with Crippen LogP contribution in [0.25, 0.3) is 0 Å². The second-order valence-corrected chi connectivity index (χ2v) is 25.4. The van der Waals surface area contributed by atoms with Crippen LogP contribution in [0, 0.1) is 23.7 Å². The SMILES string of the molecule is C=C[C@H](OC)[C@H](O[Si](CC)(CC)CC)[C@@H](C)[C@@H](O[Si](C)(C)C(C)(C)C)[C@H](C)C(=O)C[C@H]1O[C@H](c2ccc(OC)cc2)O[C@H](C(C)C)[C@H]1C. The molecule has 1 aromatic rings. The van der Waals surface area contributed by atoms with E-state index in [0.29, 0.717) is 0 Å². The number of ketones is 1. The maximum absolute atomic E-state index is 14.5. The standard InChI is InChI=1S/C39H70O7Si2/c1-17-33(42-14)37(46-48(18-2,19-3)20-4)29(9)36(45-47(15,16)39(10,11)12)27(7)32(40)25-34-28(8)35(26(5)6)44-38(43-34)30-21-23-31(41-13)24-22-30/h17,21-24,26-29,33-38H,1,18-20,25H2,2-16H3/t27-,28+,29+,33+,34-,35-,36+,37-,38+/m1/s1. The van der Waals surface area contributed by atoms with E-state index in [1.54, 1.807) is 14.2 Å². The van der Waals surface area contributed by atoms with E-state index < -0.39 is 22.9 Å². The molecule has 0 N–H and O–H groups in total. The van der Waals surface area contributed by atoms with E-state index in [-0.39, 0.29) is 71.4 Å².